The summed E-state index contributed by atoms with van der Waals surface area (Å²) in [7, 11) is 0. The van der Waals surface area contributed by atoms with Crippen molar-refractivity contribution in [2.45, 2.75) is 65.5 Å². The van der Waals surface area contributed by atoms with Crippen LogP contribution in [-0.4, -0.2) is 42.2 Å². The fourth-order valence-electron chi connectivity index (χ4n) is 4.03. The van der Waals surface area contributed by atoms with E-state index in [1.165, 1.54) is 25.7 Å². The van der Waals surface area contributed by atoms with Crippen molar-refractivity contribution < 1.29 is 9.52 Å². The first-order chi connectivity index (χ1) is 14.9. The van der Waals surface area contributed by atoms with Gasteiger partial charge in [0.15, 0.2) is 5.96 Å². The Bertz CT molecular complexity index is 856. The van der Waals surface area contributed by atoms with Gasteiger partial charge in [-0.25, -0.2) is 9.98 Å². The van der Waals surface area contributed by atoms with Crippen molar-refractivity contribution in [1.29, 1.82) is 0 Å². The largest absolute Gasteiger partial charge is 0.466 e. The van der Waals surface area contributed by atoms with Crippen LogP contribution in [0.4, 0.5) is 5.82 Å². The molecule has 3 rings (SSSR count). The number of aliphatic hydroxyl groups is 1. The van der Waals surface area contributed by atoms with Crippen molar-refractivity contribution in [3.63, 3.8) is 0 Å². The summed E-state index contributed by atoms with van der Waals surface area (Å²) in [6.07, 6.45) is 7.04. The predicted octanol–water partition coefficient (Wildman–Crippen LogP) is 4.25. The second-order valence-electron chi connectivity index (χ2n) is 8.58. The Morgan fingerprint density at radius 2 is 1.91 bits per heavy atom. The predicted molar refractivity (Wildman–Crippen MR) is 141 cm³/mol. The molecule has 0 radical (unpaired) electrons. The SMILES string of the molecule is CCNC(=NCc1ccc(N2CCCCCC2)nc1)NCC(C)(O)c1cc(C)oc1C.I. The third-order valence-corrected chi connectivity index (χ3v) is 5.72. The molecule has 0 bridgehead atoms. The monoisotopic (exact) mass is 555 g/mol. The number of hydrogen-bond donors (Lipinski definition) is 3. The molecule has 3 heterocycles. The Balaban J connectivity index is 0.00000363. The summed E-state index contributed by atoms with van der Waals surface area (Å²) >= 11 is 0. The summed E-state index contributed by atoms with van der Waals surface area (Å²) in [6.45, 7) is 11.3. The van der Waals surface area contributed by atoms with Crippen LogP contribution >= 0.6 is 24.0 Å². The van der Waals surface area contributed by atoms with Gasteiger partial charge in [0.05, 0.1) is 13.1 Å². The van der Waals surface area contributed by atoms with E-state index < -0.39 is 5.60 Å². The highest BCUT2D eigenvalue weighted by Gasteiger charge is 2.27. The van der Waals surface area contributed by atoms with E-state index in [0.29, 0.717) is 19.0 Å². The number of anilines is 1. The van der Waals surface area contributed by atoms with E-state index in [-0.39, 0.29) is 24.0 Å². The van der Waals surface area contributed by atoms with Crippen molar-refractivity contribution in [2.75, 3.05) is 31.1 Å². The van der Waals surface area contributed by atoms with Gasteiger partial charge in [-0.3, -0.25) is 0 Å². The number of nitrogens with one attached hydrogen (secondary N) is 2. The minimum Gasteiger partial charge on any atom is -0.466 e. The first kappa shape index (κ1) is 26.4. The van der Waals surface area contributed by atoms with Crippen LogP contribution in [0.1, 0.15) is 62.2 Å². The lowest BCUT2D eigenvalue weighted by molar-refractivity contribution is 0.0601. The number of nitrogens with zero attached hydrogens (tertiary/aromatic N) is 3. The molecule has 3 N–H and O–H groups in total. The highest BCUT2D eigenvalue weighted by atomic mass is 127. The maximum Gasteiger partial charge on any atom is 0.191 e. The molecule has 1 aliphatic rings. The van der Waals surface area contributed by atoms with Crippen LogP contribution in [0.3, 0.4) is 0 Å². The zero-order chi connectivity index (χ0) is 22.3. The molecule has 0 spiro atoms. The quantitative estimate of drug-likeness (QED) is 0.269. The third kappa shape index (κ3) is 7.37. The third-order valence-electron chi connectivity index (χ3n) is 5.72. The van der Waals surface area contributed by atoms with Crippen LogP contribution in [0.15, 0.2) is 33.8 Å². The van der Waals surface area contributed by atoms with Gasteiger partial charge in [0, 0.05) is 31.4 Å². The molecule has 1 fully saturated rings. The van der Waals surface area contributed by atoms with Gasteiger partial charge < -0.3 is 25.1 Å². The van der Waals surface area contributed by atoms with Crippen molar-refractivity contribution in [3.05, 3.63) is 47.0 Å². The number of aliphatic imine (C=N–C) groups is 1. The lowest BCUT2D eigenvalue weighted by Gasteiger charge is -2.24. The highest BCUT2D eigenvalue weighted by molar-refractivity contribution is 14.0. The van der Waals surface area contributed by atoms with Crippen LogP contribution in [0.25, 0.3) is 0 Å². The minimum absolute atomic E-state index is 0. The summed E-state index contributed by atoms with van der Waals surface area (Å²) in [5.41, 5.74) is 0.791. The molecule has 2 aromatic heterocycles. The molecule has 7 nitrogen and oxygen atoms in total. The molecule has 0 amide bonds. The molecule has 1 atom stereocenters. The number of guanidine groups is 1. The summed E-state index contributed by atoms with van der Waals surface area (Å²) in [4.78, 5) is 11.7. The van der Waals surface area contributed by atoms with E-state index in [1.807, 2.05) is 33.0 Å². The smallest absolute Gasteiger partial charge is 0.191 e. The lowest BCUT2D eigenvalue weighted by atomic mass is 9.96. The zero-order valence-electron chi connectivity index (χ0n) is 19.8. The van der Waals surface area contributed by atoms with E-state index in [4.69, 9.17) is 4.42 Å². The Morgan fingerprint density at radius 1 is 1.19 bits per heavy atom. The van der Waals surface area contributed by atoms with Crippen LogP contribution in [0, 0.1) is 13.8 Å². The maximum absolute atomic E-state index is 10.9. The highest BCUT2D eigenvalue weighted by Crippen LogP contribution is 2.26. The van der Waals surface area contributed by atoms with Crippen molar-refractivity contribution in [3.8, 4) is 0 Å². The number of furan rings is 1. The first-order valence-electron chi connectivity index (χ1n) is 11.4. The van der Waals surface area contributed by atoms with Gasteiger partial charge in [0.2, 0.25) is 0 Å². The van der Waals surface area contributed by atoms with Crippen LogP contribution in [0.2, 0.25) is 0 Å². The van der Waals surface area contributed by atoms with Gasteiger partial charge in [-0.1, -0.05) is 18.9 Å². The van der Waals surface area contributed by atoms with Gasteiger partial charge >= 0.3 is 0 Å². The van der Waals surface area contributed by atoms with E-state index >= 15 is 0 Å². The second-order valence-corrected chi connectivity index (χ2v) is 8.58. The molecule has 1 aliphatic heterocycles. The van der Waals surface area contributed by atoms with Gasteiger partial charge in [-0.15, -0.1) is 24.0 Å². The fourth-order valence-corrected chi connectivity index (χ4v) is 4.03. The number of aryl methyl sites for hydroxylation is 2. The number of rotatable bonds is 7. The van der Waals surface area contributed by atoms with Crippen LogP contribution in [-0.2, 0) is 12.1 Å². The summed E-state index contributed by atoms with van der Waals surface area (Å²) < 4.78 is 5.58. The number of hydrogen-bond acceptors (Lipinski definition) is 5. The van der Waals surface area contributed by atoms with Crippen molar-refractivity contribution in [1.82, 2.24) is 15.6 Å². The van der Waals surface area contributed by atoms with Crippen molar-refractivity contribution >= 4 is 35.8 Å². The molecule has 8 heteroatoms. The minimum atomic E-state index is -1.06. The molecular weight excluding hydrogens is 517 g/mol. The number of pyridine rings is 1. The zero-order valence-corrected chi connectivity index (χ0v) is 22.1. The van der Waals surface area contributed by atoms with Gasteiger partial charge in [0.1, 0.15) is 22.9 Å². The maximum atomic E-state index is 10.9. The van der Waals surface area contributed by atoms with E-state index in [9.17, 15) is 5.11 Å². The molecule has 1 unspecified atom stereocenters. The molecule has 0 aliphatic carbocycles. The van der Waals surface area contributed by atoms with E-state index in [2.05, 4.69) is 37.6 Å². The van der Waals surface area contributed by atoms with E-state index in [1.54, 1.807) is 6.92 Å². The van der Waals surface area contributed by atoms with Gasteiger partial charge in [-0.05, 0) is 58.2 Å². The molecule has 2 aromatic rings. The standard InChI is InChI=1S/C24H37N5O2.HI/c1-5-25-23(28-17-24(4,30)21-14-18(2)31-19(21)3)27-16-20-10-11-22(26-15-20)29-12-8-6-7-9-13-29;/h10-11,14-15,30H,5-9,12-13,16-17H2,1-4H3,(H2,25,27,28);1H. The second kappa shape index (κ2) is 12.4. The number of halogens is 1. The van der Waals surface area contributed by atoms with Crippen molar-refractivity contribution in [2.24, 2.45) is 4.99 Å². The molecule has 32 heavy (non-hydrogen) atoms. The van der Waals surface area contributed by atoms with Gasteiger partial charge in [0.25, 0.3) is 0 Å². The summed E-state index contributed by atoms with van der Waals surface area (Å²) in [5, 5.41) is 17.4. The van der Waals surface area contributed by atoms with Gasteiger partial charge in [-0.2, -0.15) is 0 Å². The van der Waals surface area contributed by atoms with Crippen LogP contribution in [0.5, 0.6) is 0 Å². The fraction of sp³-hybridized carbons (Fsp3) is 0.583. The summed E-state index contributed by atoms with van der Waals surface area (Å²) in [6, 6.07) is 6.10. The average Bonchev–Trinajstić information content (AvgIpc) is 2.94. The average molecular weight is 556 g/mol. The van der Waals surface area contributed by atoms with Crippen LogP contribution < -0.4 is 15.5 Å². The first-order valence-corrected chi connectivity index (χ1v) is 11.4. The molecule has 1 saturated heterocycles. The van der Waals surface area contributed by atoms with E-state index in [0.717, 1.165) is 48.1 Å². The Kier molecular flexibility index (Phi) is 10.3. The molecule has 178 valence electrons. The lowest BCUT2D eigenvalue weighted by Crippen LogP contribution is -2.44. The Hall–Kier alpha value is -1.81. The summed E-state index contributed by atoms with van der Waals surface area (Å²) in [5.74, 6) is 3.25. The normalized spacial score (nSPS) is 16.7. The molecule has 0 saturated carbocycles. The molecule has 0 aromatic carbocycles. The number of aromatic nitrogens is 1. The molecular formula is C24H38IN5O2. The Morgan fingerprint density at radius 3 is 2.47 bits per heavy atom. The Labute approximate surface area is 209 Å². The topological polar surface area (TPSA) is 85.9 Å².